The van der Waals surface area contributed by atoms with Crippen LogP contribution in [0.3, 0.4) is 0 Å². The van der Waals surface area contributed by atoms with Crippen LogP contribution < -0.4 is 4.72 Å². The van der Waals surface area contributed by atoms with E-state index in [2.05, 4.69) is 14.9 Å². The highest BCUT2D eigenvalue weighted by Crippen LogP contribution is 2.19. The van der Waals surface area contributed by atoms with Crippen LogP contribution in [0, 0.1) is 5.82 Å². The lowest BCUT2D eigenvalue weighted by Gasteiger charge is -2.15. The Morgan fingerprint density at radius 2 is 2.05 bits per heavy atom. The molecule has 1 aromatic carbocycles. The molecule has 0 fully saturated rings. The van der Waals surface area contributed by atoms with Gasteiger partial charge in [-0.15, -0.1) is 10.2 Å². The van der Waals surface area contributed by atoms with Gasteiger partial charge in [0.1, 0.15) is 11.6 Å². The summed E-state index contributed by atoms with van der Waals surface area (Å²) < 4.78 is 42.0. The third-order valence-corrected chi connectivity index (χ3v) is 4.59. The van der Waals surface area contributed by atoms with Crippen molar-refractivity contribution in [3.63, 3.8) is 0 Å². The molecular formula is C13H15FN4O2S. The van der Waals surface area contributed by atoms with Crippen molar-refractivity contribution in [2.24, 2.45) is 0 Å². The Hall–Kier alpha value is -1.96. The van der Waals surface area contributed by atoms with E-state index in [0.717, 1.165) is 25.1 Å². The lowest BCUT2D eigenvalue weighted by Crippen LogP contribution is -2.20. The zero-order valence-corrected chi connectivity index (χ0v) is 12.1. The molecule has 0 saturated heterocycles. The van der Waals surface area contributed by atoms with Crippen molar-refractivity contribution in [3.05, 3.63) is 41.5 Å². The second-order valence-corrected chi connectivity index (χ2v) is 6.72. The molecule has 1 aliphatic heterocycles. The SMILES string of the molecule is O=S(=O)(Cc1ccccc1F)Nc1nnc2n1CCCC2. The standard InChI is InChI=1S/C13H15FN4O2S/c14-11-6-2-1-5-10(11)9-21(19,20)17-13-16-15-12-7-3-4-8-18(12)13/h1-2,5-6H,3-4,7-9H2,(H,16,17). The molecule has 2 heterocycles. The maximum atomic E-state index is 13.5. The minimum atomic E-state index is -3.73. The van der Waals surface area contributed by atoms with E-state index in [4.69, 9.17) is 0 Å². The molecule has 112 valence electrons. The molecule has 6 nitrogen and oxygen atoms in total. The first-order chi connectivity index (χ1) is 10.1. The van der Waals surface area contributed by atoms with Gasteiger partial charge in [0.05, 0.1) is 5.75 Å². The highest BCUT2D eigenvalue weighted by Gasteiger charge is 2.21. The van der Waals surface area contributed by atoms with Gasteiger partial charge in [0.2, 0.25) is 16.0 Å². The van der Waals surface area contributed by atoms with Crippen molar-refractivity contribution in [1.82, 2.24) is 14.8 Å². The molecule has 1 aromatic heterocycles. The molecule has 21 heavy (non-hydrogen) atoms. The van der Waals surface area contributed by atoms with E-state index in [9.17, 15) is 12.8 Å². The molecule has 0 spiro atoms. The molecule has 0 unspecified atom stereocenters. The Labute approximate surface area is 122 Å². The van der Waals surface area contributed by atoms with E-state index in [1.165, 1.54) is 18.2 Å². The van der Waals surface area contributed by atoms with Gasteiger partial charge in [0.15, 0.2) is 0 Å². The zero-order valence-electron chi connectivity index (χ0n) is 11.3. The molecule has 0 aliphatic carbocycles. The van der Waals surface area contributed by atoms with Gasteiger partial charge in [0, 0.05) is 18.5 Å². The summed E-state index contributed by atoms with van der Waals surface area (Å²) >= 11 is 0. The fraction of sp³-hybridized carbons (Fsp3) is 0.385. The third kappa shape index (κ3) is 3.05. The van der Waals surface area contributed by atoms with E-state index in [0.29, 0.717) is 6.54 Å². The van der Waals surface area contributed by atoms with Gasteiger partial charge in [-0.05, 0) is 18.9 Å². The molecule has 0 amide bonds. The predicted molar refractivity (Wildman–Crippen MR) is 75.6 cm³/mol. The van der Waals surface area contributed by atoms with Crippen molar-refractivity contribution >= 4 is 16.0 Å². The number of hydrogen-bond donors (Lipinski definition) is 1. The summed E-state index contributed by atoms with van der Waals surface area (Å²) in [5.74, 6) is 0.0269. The van der Waals surface area contributed by atoms with E-state index >= 15 is 0 Å². The van der Waals surface area contributed by atoms with Crippen LogP contribution in [0.1, 0.15) is 24.2 Å². The number of fused-ring (bicyclic) bond motifs is 1. The van der Waals surface area contributed by atoms with Crippen molar-refractivity contribution < 1.29 is 12.8 Å². The van der Waals surface area contributed by atoms with Gasteiger partial charge in [-0.3, -0.25) is 9.29 Å². The predicted octanol–water partition coefficient (Wildman–Crippen LogP) is 1.70. The molecule has 8 heteroatoms. The van der Waals surface area contributed by atoms with Gasteiger partial charge in [-0.2, -0.15) is 0 Å². The van der Waals surface area contributed by atoms with Crippen LogP contribution in [0.15, 0.2) is 24.3 Å². The molecule has 1 aliphatic rings. The van der Waals surface area contributed by atoms with Crippen molar-refractivity contribution in [2.75, 3.05) is 4.72 Å². The topological polar surface area (TPSA) is 76.9 Å². The maximum Gasteiger partial charge on any atom is 0.239 e. The van der Waals surface area contributed by atoms with Crippen LogP contribution in [0.5, 0.6) is 0 Å². The average Bonchev–Trinajstić information content (AvgIpc) is 2.84. The van der Waals surface area contributed by atoms with E-state index in [1.54, 1.807) is 10.6 Å². The van der Waals surface area contributed by atoms with E-state index < -0.39 is 21.6 Å². The second-order valence-electron chi connectivity index (χ2n) is 5.00. The number of anilines is 1. The van der Waals surface area contributed by atoms with Crippen molar-refractivity contribution in [3.8, 4) is 0 Å². The van der Waals surface area contributed by atoms with Crippen LogP contribution in [0.2, 0.25) is 0 Å². The van der Waals surface area contributed by atoms with Crippen LogP contribution in [-0.2, 0) is 28.7 Å². The Balaban J connectivity index is 1.80. The highest BCUT2D eigenvalue weighted by molar-refractivity contribution is 7.91. The molecular weight excluding hydrogens is 295 g/mol. The number of nitrogens with zero attached hydrogens (tertiary/aromatic N) is 3. The molecule has 0 bridgehead atoms. The first-order valence-corrected chi connectivity index (χ1v) is 8.36. The molecule has 0 saturated carbocycles. The Bertz CT molecular complexity index is 757. The number of benzene rings is 1. The molecule has 3 rings (SSSR count). The van der Waals surface area contributed by atoms with Crippen molar-refractivity contribution in [1.29, 1.82) is 0 Å². The molecule has 0 atom stereocenters. The lowest BCUT2D eigenvalue weighted by molar-refractivity contribution is 0.526. The fourth-order valence-corrected chi connectivity index (χ4v) is 3.52. The first-order valence-electron chi connectivity index (χ1n) is 6.71. The van der Waals surface area contributed by atoms with Crippen LogP contribution in [0.4, 0.5) is 10.3 Å². The number of rotatable bonds is 4. The number of halogens is 1. The van der Waals surface area contributed by atoms with Gasteiger partial charge in [0.25, 0.3) is 0 Å². The summed E-state index contributed by atoms with van der Waals surface area (Å²) in [6, 6.07) is 5.82. The average molecular weight is 310 g/mol. The third-order valence-electron chi connectivity index (χ3n) is 3.41. The highest BCUT2D eigenvalue weighted by atomic mass is 32.2. The van der Waals surface area contributed by atoms with Gasteiger partial charge in [-0.1, -0.05) is 18.2 Å². The van der Waals surface area contributed by atoms with Crippen molar-refractivity contribution in [2.45, 2.75) is 31.6 Å². The monoisotopic (exact) mass is 310 g/mol. The number of aromatic nitrogens is 3. The summed E-state index contributed by atoms with van der Waals surface area (Å²) in [5, 5.41) is 7.85. The molecule has 1 N–H and O–H groups in total. The number of nitrogens with one attached hydrogen (secondary N) is 1. The molecule has 2 aromatic rings. The fourth-order valence-electron chi connectivity index (χ4n) is 2.38. The number of sulfonamides is 1. The summed E-state index contributed by atoms with van der Waals surface area (Å²) in [5.41, 5.74) is 0.128. The van der Waals surface area contributed by atoms with Crippen LogP contribution in [-0.4, -0.2) is 23.2 Å². The quantitative estimate of drug-likeness (QED) is 0.932. The first kappa shape index (κ1) is 14.0. The second kappa shape index (κ2) is 5.44. The summed E-state index contributed by atoms with van der Waals surface area (Å²) in [4.78, 5) is 0. The summed E-state index contributed by atoms with van der Waals surface area (Å²) in [6.07, 6.45) is 2.79. The minimum Gasteiger partial charge on any atom is -0.297 e. The van der Waals surface area contributed by atoms with Gasteiger partial charge < -0.3 is 0 Å². The van der Waals surface area contributed by atoms with Crippen LogP contribution in [0.25, 0.3) is 0 Å². The summed E-state index contributed by atoms with van der Waals surface area (Å²) in [7, 11) is -3.73. The maximum absolute atomic E-state index is 13.5. The largest absolute Gasteiger partial charge is 0.297 e. The van der Waals surface area contributed by atoms with E-state index in [1.807, 2.05) is 0 Å². The number of aryl methyl sites for hydroxylation is 1. The minimum absolute atomic E-state index is 0.128. The smallest absolute Gasteiger partial charge is 0.239 e. The Morgan fingerprint density at radius 3 is 2.86 bits per heavy atom. The van der Waals surface area contributed by atoms with Gasteiger partial charge >= 0.3 is 0 Å². The lowest BCUT2D eigenvalue weighted by atomic mass is 10.2. The molecule has 0 radical (unpaired) electrons. The zero-order chi connectivity index (χ0) is 14.9. The normalized spacial score (nSPS) is 14.7. The Morgan fingerprint density at radius 1 is 1.24 bits per heavy atom. The van der Waals surface area contributed by atoms with E-state index in [-0.39, 0.29) is 11.5 Å². The number of hydrogen-bond acceptors (Lipinski definition) is 4. The van der Waals surface area contributed by atoms with Gasteiger partial charge in [-0.25, -0.2) is 12.8 Å². The van der Waals surface area contributed by atoms with Crippen LogP contribution >= 0.6 is 0 Å². The summed E-state index contributed by atoms with van der Waals surface area (Å²) in [6.45, 7) is 0.694. The Kier molecular flexibility index (Phi) is 3.62.